The maximum atomic E-state index is 11.7. The van der Waals surface area contributed by atoms with Crippen LogP contribution in [0.2, 0.25) is 0 Å². The van der Waals surface area contributed by atoms with Gasteiger partial charge < -0.3 is 20.3 Å². The number of likely N-dealkylation sites (N-methyl/N-ethyl adjacent to an activating group) is 1. The molecule has 0 aromatic heterocycles. The molecule has 1 saturated heterocycles. The van der Waals surface area contributed by atoms with Gasteiger partial charge in [-0.1, -0.05) is 0 Å². The Hall–Kier alpha value is -0.950. The van der Waals surface area contributed by atoms with E-state index >= 15 is 0 Å². The van der Waals surface area contributed by atoms with Crippen LogP contribution < -0.4 is 10.6 Å². The average molecular weight is 330 g/mol. The quantitative estimate of drug-likeness (QED) is 0.537. The summed E-state index contributed by atoms with van der Waals surface area (Å²) >= 11 is 1.80. The summed E-state index contributed by atoms with van der Waals surface area (Å²) in [6.45, 7) is 6.84. The van der Waals surface area contributed by atoms with E-state index in [0.717, 1.165) is 32.5 Å². The van der Waals surface area contributed by atoms with Crippen molar-refractivity contribution < 1.29 is 9.53 Å². The van der Waals surface area contributed by atoms with E-state index in [0.29, 0.717) is 5.96 Å². The number of carbonyl (C=O) groups excluding carboxylic acids is 1. The van der Waals surface area contributed by atoms with Crippen LogP contribution in [0.25, 0.3) is 0 Å². The molecule has 7 heteroatoms. The number of thioether (sulfide) groups is 1. The average Bonchev–Trinajstić information content (AvgIpc) is 2.99. The molecule has 1 aliphatic rings. The number of nitrogens with one attached hydrogen (secondary N) is 2. The molecule has 1 atom stereocenters. The van der Waals surface area contributed by atoms with Gasteiger partial charge in [-0.2, -0.15) is 11.8 Å². The number of rotatable bonds is 7. The molecule has 1 unspecified atom stereocenters. The Morgan fingerprint density at radius 2 is 2.14 bits per heavy atom. The molecule has 1 rings (SSSR count). The van der Waals surface area contributed by atoms with Crippen molar-refractivity contribution in [3.05, 3.63) is 0 Å². The third-order valence-corrected chi connectivity index (χ3v) is 4.88. The van der Waals surface area contributed by atoms with Crippen molar-refractivity contribution in [2.75, 3.05) is 46.6 Å². The van der Waals surface area contributed by atoms with Gasteiger partial charge in [0, 0.05) is 38.5 Å². The highest BCUT2D eigenvalue weighted by molar-refractivity contribution is 7.99. The van der Waals surface area contributed by atoms with Crippen molar-refractivity contribution in [3.8, 4) is 0 Å². The molecular weight excluding hydrogens is 300 g/mol. The zero-order valence-corrected chi connectivity index (χ0v) is 15.3. The summed E-state index contributed by atoms with van der Waals surface area (Å²) in [5.74, 6) is 0.662. The minimum absolute atomic E-state index is 0.0117. The molecule has 2 N–H and O–H groups in total. The summed E-state index contributed by atoms with van der Waals surface area (Å²) < 4.78 is 5.72. The normalized spacial score (nSPS) is 19.1. The Bertz CT molecular complexity index is 380. The molecule has 0 radical (unpaired) electrons. The van der Waals surface area contributed by atoms with Gasteiger partial charge >= 0.3 is 0 Å². The minimum atomic E-state index is -0.0117. The van der Waals surface area contributed by atoms with Gasteiger partial charge in [-0.25, -0.2) is 4.99 Å². The predicted molar refractivity (Wildman–Crippen MR) is 93.6 cm³/mol. The van der Waals surface area contributed by atoms with Crippen LogP contribution in [0.5, 0.6) is 0 Å². The second kappa shape index (κ2) is 9.25. The molecule has 0 spiro atoms. The van der Waals surface area contributed by atoms with Crippen molar-refractivity contribution in [2.24, 2.45) is 4.99 Å². The maximum Gasteiger partial charge on any atom is 0.243 e. The van der Waals surface area contributed by atoms with Crippen molar-refractivity contribution >= 4 is 23.6 Å². The Balaban J connectivity index is 2.54. The van der Waals surface area contributed by atoms with Gasteiger partial charge in [0.25, 0.3) is 0 Å². The van der Waals surface area contributed by atoms with Crippen molar-refractivity contribution in [1.29, 1.82) is 0 Å². The number of nitrogens with zero attached hydrogens (tertiary/aromatic N) is 2. The Kier molecular flexibility index (Phi) is 8.03. The number of guanidine groups is 1. The van der Waals surface area contributed by atoms with Crippen LogP contribution in [-0.4, -0.2) is 74.2 Å². The Labute approximate surface area is 138 Å². The zero-order valence-electron chi connectivity index (χ0n) is 14.4. The molecule has 0 aromatic rings. The first-order chi connectivity index (χ1) is 10.3. The third-order valence-electron chi connectivity index (χ3n) is 3.63. The molecule has 1 aliphatic heterocycles. The summed E-state index contributed by atoms with van der Waals surface area (Å²) in [6, 6.07) is 0. The predicted octanol–water partition coefficient (Wildman–Crippen LogP) is 0.930. The molecule has 1 fully saturated rings. The van der Waals surface area contributed by atoms with Crippen molar-refractivity contribution in [1.82, 2.24) is 15.5 Å². The van der Waals surface area contributed by atoms with E-state index in [9.17, 15) is 4.79 Å². The van der Waals surface area contributed by atoms with E-state index in [1.807, 2.05) is 0 Å². The highest BCUT2D eigenvalue weighted by Gasteiger charge is 2.18. The number of amides is 1. The summed E-state index contributed by atoms with van der Waals surface area (Å²) in [5, 5.41) is 6.61. The lowest BCUT2D eigenvalue weighted by atomic mass is 10.2. The first-order valence-corrected chi connectivity index (χ1v) is 8.95. The molecule has 22 heavy (non-hydrogen) atoms. The van der Waals surface area contributed by atoms with E-state index in [2.05, 4.69) is 35.7 Å². The molecule has 1 heterocycles. The van der Waals surface area contributed by atoms with Crippen LogP contribution in [0.4, 0.5) is 0 Å². The molecular formula is C15H30N4O2S. The van der Waals surface area contributed by atoms with Crippen LogP contribution in [0.3, 0.4) is 0 Å². The van der Waals surface area contributed by atoms with Gasteiger partial charge in [0.05, 0.1) is 6.10 Å². The molecule has 1 amide bonds. The second-order valence-electron chi connectivity index (χ2n) is 6.29. The van der Waals surface area contributed by atoms with Crippen LogP contribution in [0.1, 0.15) is 26.7 Å². The molecule has 6 nitrogen and oxygen atoms in total. The van der Waals surface area contributed by atoms with E-state index in [1.54, 1.807) is 30.8 Å². The van der Waals surface area contributed by atoms with Gasteiger partial charge in [0.1, 0.15) is 6.54 Å². The van der Waals surface area contributed by atoms with Gasteiger partial charge in [0.2, 0.25) is 5.91 Å². The number of ether oxygens (including phenoxy) is 1. The SMILES string of the molecule is CSC(C)(C)CNC(=NCC(=O)N(C)C)NCC1CCCO1. The second-order valence-corrected chi connectivity index (χ2v) is 7.80. The van der Waals surface area contributed by atoms with Crippen molar-refractivity contribution in [2.45, 2.75) is 37.5 Å². The van der Waals surface area contributed by atoms with E-state index in [4.69, 9.17) is 4.74 Å². The Morgan fingerprint density at radius 1 is 1.41 bits per heavy atom. The molecule has 0 aliphatic carbocycles. The maximum absolute atomic E-state index is 11.7. The summed E-state index contributed by atoms with van der Waals surface area (Å²) in [4.78, 5) is 17.6. The number of hydrogen-bond donors (Lipinski definition) is 2. The largest absolute Gasteiger partial charge is 0.376 e. The summed E-state index contributed by atoms with van der Waals surface area (Å²) in [7, 11) is 3.48. The highest BCUT2D eigenvalue weighted by atomic mass is 32.2. The number of hydrogen-bond acceptors (Lipinski definition) is 4. The highest BCUT2D eigenvalue weighted by Crippen LogP contribution is 2.19. The first kappa shape index (κ1) is 19.1. The fourth-order valence-electron chi connectivity index (χ4n) is 1.85. The van der Waals surface area contributed by atoms with Crippen LogP contribution >= 0.6 is 11.8 Å². The van der Waals surface area contributed by atoms with Gasteiger partial charge in [-0.05, 0) is 32.9 Å². The summed E-state index contributed by atoms with van der Waals surface area (Å²) in [6.07, 6.45) is 4.52. The fraction of sp³-hybridized carbons (Fsp3) is 0.867. The van der Waals surface area contributed by atoms with Crippen LogP contribution in [0.15, 0.2) is 4.99 Å². The lowest BCUT2D eigenvalue weighted by Crippen LogP contribution is -2.46. The van der Waals surface area contributed by atoms with E-state index in [-0.39, 0.29) is 23.3 Å². The monoisotopic (exact) mass is 330 g/mol. The molecule has 128 valence electrons. The first-order valence-electron chi connectivity index (χ1n) is 7.73. The van der Waals surface area contributed by atoms with Crippen LogP contribution in [0, 0.1) is 0 Å². The third kappa shape index (κ3) is 7.35. The van der Waals surface area contributed by atoms with Crippen molar-refractivity contribution in [3.63, 3.8) is 0 Å². The number of carbonyl (C=O) groups is 1. The van der Waals surface area contributed by atoms with E-state index in [1.165, 1.54) is 0 Å². The topological polar surface area (TPSA) is 66.0 Å². The Morgan fingerprint density at radius 3 is 2.68 bits per heavy atom. The van der Waals surface area contributed by atoms with E-state index < -0.39 is 0 Å². The minimum Gasteiger partial charge on any atom is -0.376 e. The van der Waals surface area contributed by atoms with Gasteiger partial charge in [-0.3, -0.25) is 4.79 Å². The number of aliphatic imine (C=N–C) groups is 1. The van der Waals surface area contributed by atoms with Gasteiger partial charge in [-0.15, -0.1) is 0 Å². The lowest BCUT2D eigenvalue weighted by Gasteiger charge is -2.24. The summed E-state index contributed by atoms with van der Waals surface area (Å²) in [5.41, 5.74) is 0. The molecule has 0 saturated carbocycles. The van der Waals surface area contributed by atoms with Crippen LogP contribution in [-0.2, 0) is 9.53 Å². The molecule has 0 aromatic carbocycles. The fourth-order valence-corrected chi connectivity index (χ4v) is 2.06. The molecule has 0 bridgehead atoms. The lowest BCUT2D eigenvalue weighted by molar-refractivity contribution is -0.127. The zero-order chi connectivity index (χ0) is 16.6. The van der Waals surface area contributed by atoms with Gasteiger partial charge in [0.15, 0.2) is 5.96 Å². The standard InChI is InChI=1S/C15H30N4O2S/c1-15(2,22-5)11-18-14(17-10-13(20)19(3)4)16-9-12-7-6-8-21-12/h12H,6-11H2,1-5H3,(H2,16,17,18). The smallest absolute Gasteiger partial charge is 0.243 e.